The molecule has 2 aromatic rings. The molecule has 1 aromatic carbocycles. The average Bonchev–Trinajstić information content (AvgIpc) is 2.99. The first-order valence-electron chi connectivity index (χ1n) is 6.41. The van der Waals surface area contributed by atoms with E-state index in [0.717, 1.165) is 23.1 Å². The zero-order valence-corrected chi connectivity index (χ0v) is 12.3. The largest absolute Gasteiger partial charge is 0.484 e. The fraction of sp³-hybridized carbons (Fsp3) is 0.286. The lowest BCUT2D eigenvalue weighted by molar-refractivity contribution is -0.386. The molecule has 0 spiro atoms. The van der Waals surface area contributed by atoms with Crippen molar-refractivity contribution in [3.8, 4) is 5.75 Å². The Hall–Kier alpha value is -2.03. The molecule has 22 heavy (non-hydrogen) atoms. The molecule has 0 saturated carbocycles. The third-order valence-electron chi connectivity index (χ3n) is 2.68. The summed E-state index contributed by atoms with van der Waals surface area (Å²) in [5, 5.41) is 22.5. The molecule has 1 heterocycles. The Morgan fingerprint density at radius 1 is 1.36 bits per heavy atom. The van der Waals surface area contributed by atoms with Crippen LogP contribution >= 0.6 is 11.3 Å². The molecular weight excluding hydrogens is 313 g/mol. The van der Waals surface area contributed by atoms with Gasteiger partial charge in [0.2, 0.25) is 0 Å². The fourth-order valence-electron chi connectivity index (χ4n) is 1.68. The molecule has 2 rings (SSSR count). The number of nitrogens with zero attached hydrogens (tertiary/aromatic N) is 1. The highest BCUT2D eigenvalue weighted by atomic mass is 32.1. The van der Waals surface area contributed by atoms with Crippen LogP contribution in [0.25, 0.3) is 0 Å². The van der Waals surface area contributed by atoms with Crippen molar-refractivity contribution in [1.82, 2.24) is 0 Å². The predicted octanol–water partition coefficient (Wildman–Crippen LogP) is 2.75. The molecule has 0 fully saturated rings. The van der Waals surface area contributed by atoms with Gasteiger partial charge in [-0.05, 0) is 23.6 Å². The van der Waals surface area contributed by atoms with Gasteiger partial charge >= 0.3 is 5.69 Å². The normalized spacial score (nSPS) is 12.1. The summed E-state index contributed by atoms with van der Waals surface area (Å²) in [6.07, 6.45) is -0.940. The smallest absolute Gasteiger partial charge is 0.313 e. The number of benzene rings is 1. The SMILES string of the molecule is O=[N+]([O-])c1cc(F)ccc1OCC(O)COCc1cccs1. The van der Waals surface area contributed by atoms with E-state index in [4.69, 9.17) is 9.47 Å². The molecule has 0 amide bonds. The molecule has 0 aliphatic heterocycles. The van der Waals surface area contributed by atoms with Crippen LogP contribution in [-0.4, -0.2) is 29.3 Å². The molecule has 1 unspecified atom stereocenters. The van der Waals surface area contributed by atoms with Gasteiger partial charge in [0.05, 0.1) is 24.2 Å². The van der Waals surface area contributed by atoms with E-state index in [1.54, 1.807) is 11.3 Å². The topological polar surface area (TPSA) is 81.8 Å². The maximum atomic E-state index is 13.0. The number of thiophene rings is 1. The molecule has 0 aliphatic rings. The summed E-state index contributed by atoms with van der Waals surface area (Å²) in [5.74, 6) is -0.817. The minimum atomic E-state index is -0.940. The minimum Gasteiger partial charge on any atom is -0.484 e. The number of nitro benzene ring substituents is 1. The highest BCUT2D eigenvalue weighted by Crippen LogP contribution is 2.27. The summed E-state index contributed by atoms with van der Waals surface area (Å²) in [6, 6.07) is 6.80. The number of aliphatic hydroxyl groups excluding tert-OH is 1. The lowest BCUT2D eigenvalue weighted by Gasteiger charge is -2.12. The van der Waals surface area contributed by atoms with Gasteiger partial charge in [0.15, 0.2) is 5.75 Å². The van der Waals surface area contributed by atoms with Crippen molar-refractivity contribution in [3.63, 3.8) is 0 Å². The van der Waals surface area contributed by atoms with Gasteiger partial charge in [-0.25, -0.2) is 4.39 Å². The van der Waals surface area contributed by atoms with E-state index in [0.29, 0.717) is 6.61 Å². The van der Waals surface area contributed by atoms with Gasteiger partial charge in [-0.3, -0.25) is 10.1 Å². The Kier molecular flexibility index (Phi) is 5.82. The molecular formula is C14H14FNO5S. The van der Waals surface area contributed by atoms with Gasteiger partial charge < -0.3 is 14.6 Å². The van der Waals surface area contributed by atoms with E-state index in [2.05, 4.69) is 0 Å². The summed E-state index contributed by atoms with van der Waals surface area (Å²) >= 11 is 1.54. The van der Waals surface area contributed by atoms with Crippen LogP contribution in [-0.2, 0) is 11.3 Å². The zero-order chi connectivity index (χ0) is 15.9. The summed E-state index contributed by atoms with van der Waals surface area (Å²) in [5.41, 5.74) is -0.480. The number of nitro groups is 1. The molecule has 1 aromatic heterocycles. The van der Waals surface area contributed by atoms with E-state index >= 15 is 0 Å². The summed E-state index contributed by atoms with van der Waals surface area (Å²) < 4.78 is 23.5. The second kappa shape index (κ2) is 7.83. The molecule has 0 radical (unpaired) electrons. The van der Waals surface area contributed by atoms with Crippen molar-refractivity contribution >= 4 is 17.0 Å². The van der Waals surface area contributed by atoms with Crippen molar-refractivity contribution < 1.29 is 23.9 Å². The van der Waals surface area contributed by atoms with E-state index in [1.165, 1.54) is 0 Å². The number of hydrogen-bond donors (Lipinski definition) is 1. The molecule has 1 atom stereocenters. The maximum Gasteiger partial charge on any atom is 0.313 e. The van der Waals surface area contributed by atoms with E-state index in [1.807, 2.05) is 17.5 Å². The zero-order valence-electron chi connectivity index (χ0n) is 11.5. The maximum absolute atomic E-state index is 13.0. The van der Waals surface area contributed by atoms with Crippen molar-refractivity contribution in [2.75, 3.05) is 13.2 Å². The van der Waals surface area contributed by atoms with Gasteiger partial charge in [0.1, 0.15) is 18.5 Å². The standard InChI is InChI=1S/C14H14FNO5S/c15-10-3-4-14(13(6-10)16(18)19)21-8-11(17)7-20-9-12-2-1-5-22-12/h1-6,11,17H,7-9H2. The van der Waals surface area contributed by atoms with Gasteiger partial charge in [-0.1, -0.05) is 6.07 Å². The van der Waals surface area contributed by atoms with E-state index in [9.17, 15) is 19.6 Å². The van der Waals surface area contributed by atoms with E-state index < -0.39 is 22.5 Å². The summed E-state index contributed by atoms with van der Waals surface area (Å²) in [7, 11) is 0. The Morgan fingerprint density at radius 2 is 2.18 bits per heavy atom. The average molecular weight is 327 g/mol. The van der Waals surface area contributed by atoms with Crippen LogP contribution in [0.15, 0.2) is 35.7 Å². The lowest BCUT2D eigenvalue weighted by atomic mass is 10.3. The first kappa shape index (κ1) is 16.3. The molecule has 6 nitrogen and oxygen atoms in total. The quantitative estimate of drug-likeness (QED) is 0.595. The number of hydrogen-bond acceptors (Lipinski definition) is 6. The lowest BCUT2D eigenvalue weighted by Crippen LogP contribution is -2.23. The Balaban J connectivity index is 1.80. The second-order valence-electron chi connectivity index (χ2n) is 4.43. The third kappa shape index (κ3) is 4.76. The third-order valence-corrected chi connectivity index (χ3v) is 3.53. The van der Waals surface area contributed by atoms with Crippen LogP contribution in [0.3, 0.4) is 0 Å². The molecule has 0 saturated heterocycles. The van der Waals surface area contributed by atoms with Crippen molar-refractivity contribution in [1.29, 1.82) is 0 Å². The van der Waals surface area contributed by atoms with Crippen LogP contribution in [0.2, 0.25) is 0 Å². The van der Waals surface area contributed by atoms with Crippen LogP contribution < -0.4 is 4.74 Å². The highest BCUT2D eigenvalue weighted by Gasteiger charge is 2.17. The predicted molar refractivity (Wildman–Crippen MR) is 78.5 cm³/mol. The van der Waals surface area contributed by atoms with Crippen LogP contribution in [0.5, 0.6) is 5.75 Å². The first-order valence-corrected chi connectivity index (χ1v) is 7.29. The number of ether oxygens (including phenoxy) is 2. The molecule has 118 valence electrons. The summed E-state index contributed by atoms with van der Waals surface area (Å²) in [6.45, 7) is 0.231. The van der Waals surface area contributed by atoms with Crippen molar-refractivity contribution in [2.24, 2.45) is 0 Å². The molecule has 1 N–H and O–H groups in total. The van der Waals surface area contributed by atoms with Crippen LogP contribution in [0, 0.1) is 15.9 Å². The van der Waals surface area contributed by atoms with Gasteiger partial charge in [0.25, 0.3) is 0 Å². The highest BCUT2D eigenvalue weighted by molar-refractivity contribution is 7.09. The molecule has 0 aliphatic carbocycles. The second-order valence-corrected chi connectivity index (χ2v) is 5.46. The number of rotatable bonds is 8. The first-order chi connectivity index (χ1) is 10.6. The summed E-state index contributed by atoms with van der Waals surface area (Å²) in [4.78, 5) is 11.1. The minimum absolute atomic E-state index is 0.0346. The fourth-order valence-corrected chi connectivity index (χ4v) is 2.32. The number of aliphatic hydroxyl groups is 1. The van der Waals surface area contributed by atoms with Crippen molar-refractivity contribution in [2.45, 2.75) is 12.7 Å². The van der Waals surface area contributed by atoms with E-state index in [-0.39, 0.29) is 19.0 Å². The van der Waals surface area contributed by atoms with Crippen molar-refractivity contribution in [3.05, 3.63) is 56.5 Å². The van der Waals surface area contributed by atoms with Gasteiger partial charge in [0, 0.05) is 4.88 Å². The molecule has 8 heteroatoms. The number of halogens is 1. The van der Waals surface area contributed by atoms with Crippen LogP contribution in [0.4, 0.5) is 10.1 Å². The van der Waals surface area contributed by atoms with Crippen LogP contribution in [0.1, 0.15) is 4.88 Å². The van der Waals surface area contributed by atoms with Gasteiger partial charge in [-0.15, -0.1) is 11.3 Å². The molecule has 0 bridgehead atoms. The Bertz CT molecular complexity index is 620. The Morgan fingerprint density at radius 3 is 2.86 bits per heavy atom. The monoisotopic (exact) mass is 327 g/mol. The Labute approximate surface area is 129 Å². The van der Waals surface area contributed by atoms with Gasteiger partial charge in [-0.2, -0.15) is 0 Å².